The first-order valence-electron chi connectivity index (χ1n) is 8.38. The summed E-state index contributed by atoms with van der Waals surface area (Å²) in [6.45, 7) is 1.72. The Balaban J connectivity index is 1.83. The van der Waals surface area contributed by atoms with E-state index in [0.717, 1.165) is 23.3 Å². The van der Waals surface area contributed by atoms with Crippen LogP contribution < -0.4 is 0 Å². The summed E-state index contributed by atoms with van der Waals surface area (Å²) in [6.07, 6.45) is 3.24. The molecule has 1 aromatic heterocycles. The third-order valence-corrected chi connectivity index (χ3v) is 5.88. The summed E-state index contributed by atoms with van der Waals surface area (Å²) in [5.41, 5.74) is 1.38. The molecule has 2 aromatic carbocycles. The minimum atomic E-state index is -3.83. The molecule has 0 saturated carbocycles. The standard InChI is InChI=1S/C20H18F2N2O3S/c1-13-7-19(22)15(8-18(13)21)12-28(25,26)17-5-3-14(4-6-17)16-9-23-20(11-27-2)24-10-16/h3-10H,11-12H2,1-2H3. The van der Waals surface area contributed by atoms with Gasteiger partial charge in [0.25, 0.3) is 0 Å². The molecule has 0 N–H and O–H groups in total. The van der Waals surface area contributed by atoms with Crippen molar-refractivity contribution in [3.63, 3.8) is 0 Å². The van der Waals surface area contributed by atoms with Crippen molar-refractivity contribution in [1.82, 2.24) is 9.97 Å². The fraction of sp³-hybridized carbons (Fsp3) is 0.200. The van der Waals surface area contributed by atoms with Crippen LogP contribution in [-0.2, 0) is 26.9 Å². The summed E-state index contributed by atoms with van der Waals surface area (Å²) in [5, 5.41) is 0. The molecule has 0 atom stereocenters. The van der Waals surface area contributed by atoms with Crippen molar-refractivity contribution < 1.29 is 21.9 Å². The first kappa shape index (κ1) is 20.0. The maximum Gasteiger partial charge on any atom is 0.182 e. The molecule has 0 bridgehead atoms. The van der Waals surface area contributed by atoms with Crippen molar-refractivity contribution in [2.75, 3.05) is 7.11 Å². The molecule has 0 spiro atoms. The summed E-state index contributed by atoms with van der Waals surface area (Å²) in [7, 11) is -2.28. The van der Waals surface area contributed by atoms with Gasteiger partial charge in [0.1, 0.15) is 18.2 Å². The summed E-state index contributed by atoms with van der Waals surface area (Å²) >= 11 is 0. The quantitative estimate of drug-likeness (QED) is 0.624. The molecule has 0 unspecified atom stereocenters. The molecule has 8 heteroatoms. The molecular weight excluding hydrogens is 386 g/mol. The summed E-state index contributed by atoms with van der Waals surface area (Å²) < 4.78 is 57.8. The van der Waals surface area contributed by atoms with Crippen LogP contribution >= 0.6 is 0 Å². The molecule has 3 aromatic rings. The molecule has 0 radical (unpaired) electrons. The maximum atomic E-state index is 14.0. The summed E-state index contributed by atoms with van der Waals surface area (Å²) in [5.74, 6) is -1.46. The van der Waals surface area contributed by atoms with E-state index in [1.165, 1.54) is 19.1 Å². The van der Waals surface area contributed by atoms with Gasteiger partial charge in [0.15, 0.2) is 15.7 Å². The van der Waals surface area contributed by atoms with Crippen LogP contribution in [0.15, 0.2) is 53.7 Å². The highest BCUT2D eigenvalue weighted by Crippen LogP contribution is 2.24. The highest BCUT2D eigenvalue weighted by molar-refractivity contribution is 7.90. The van der Waals surface area contributed by atoms with Crippen LogP contribution in [0.5, 0.6) is 0 Å². The second-order valence-corrected chi connectivity index (χ2v) is 8.29. The number of nitrogens with zero attached hydrogens (tertiary/aromatic N) is 2. The number of aromatic nitrogens is 2. The number of methoxy groups -OCH3 is 1. The van der Waals surface area contributed by atoms with Crippen LogP contribution in [-0.4, -0.2) is 25.5 Å². The molecule has 0 aliphatic heterocycles. The van der Waals surface area contributed by atoms with Gasteiger partial charge in [-0.2, -0.15) is 0 Å². The number of benzene rings is 2. The first-order valence-corrected chi connectivity index (χ1v) is 10.0. The van der Waals surface area contributed by atoms with Crippen molar-refractivity contribution in [3.8, 4) is 11.1 Å². The largest absolute Gasteiger partial charge is 0.377 e. The normalized spacial score (nSPS) is 11.6. The topological polar surface area (TPSA) is 69.2 Å². The van der Waals surface area contributed by atoms with E-state index < -0.39 is 27.2 Å². The van der Waals surface area contributed by atoms with Crippen LogP contribution in [0.25, 0.3) is 11.1 Å². The van der Waals surface area contributed by atoms with Gasteiger partial charge < -0.3 is 4.74 Å². The Hall–Kier alpha value is -2.71. The highest BCUT2D eigenvalue weighted by atomic mass is 32.2. The molecule has 0 amide bonds. The zero-order valence-electron chi connectivity index (χ0n) is 15.3. The Kier molecular flexibility index (Phi) is 5.81. The van der Waals surface area contributed by atoms with Crippen LogP contribution in [0, 0.1) is 18.6 Å². The third-order valence-electron chi connectivity index (χ3n) is 4.20. The number of halogens is 2. The Morgan fingerprint density at radius 1 is 0.964 bits per heavy atom. The van der Waals surface area contributed by atoms with Crippen molar-refractivity contribution in [1.29, 1.82) is 0 Å². The first-order chi connectivity index (χ1) is 13.3. The lowest BCUT2D eigenvalue weighted by Crippen LogP contribution is -2.07. The summed E-state index contributed by atoms with van der Waals surface area (Å²) in [4.78, 5) is 8.35. The van der Waals surface area contributed by atoms with E-state index in [2.05, 4.69) is 9.97 Å². The van der Waals surface area contributed by atoms with Crippen molar-refractivity contribution >= 4 is 9.84 Å². The van der Waals surface area contributed by atoms with Gasteiger partial charge in [0.05, 0.1) is 10.6 Å². The van der Waals surface area contributed by atoms with E-state index in [1.54, 1.807) is 31.6 Å². The van der Waals surface area contributed by atoms with Gasteiger partial charge in [0, 0.05) is 30.6 Å². The molecule has 0 saturated heterocycles. The number of hydrogen-bond donors (Lipinski definition) is 0. The predicted molar refractivity (Wildman–Crippen MR) is 100 cm³/mol. The molecule has 146 valence electrons. The van der Waals surface area contributed by atoms with E-state index in [0.29, 0.717) is 12.4 Å². The average Bonchev–Trinajstić information content (AvgIpc) is 2.67. The lowest BCUT2D eigenvalue weighted by molar-refractivity contribution is 0.178. The smallest absolute Gasteiger partial charge is 0.182 e. The monoisotopic (exact) mass is 404 g/mol. The van der Waals surface area contributed by atoms with Crippen LogP contribution in [0.1, 0.15) is 17.0 Å². The number of rotatable bonds is 6. The van der Waals surface area contributed by atoms with E-state index in [1.807, 2.05) is 0 Å². The third kappa shape index (κ3) is 4.40. The summed E-state index contributed by atoms with van der Waals surface area (Å²) in [6, 6.07) is 8.01. The SMILES string of the molecule is COCc1ncc(-c2ccc(S(=O)(=O)Cc3cc(F)c(C)cc3F)cc2)cn1. The molecule has 5 nitrogen and oxygen atoms in total. The molecule has 0 fully saturated rings. The molecule has 0 aliphatic rings. The second kappa shape index (κ2) is 8.12. The maximum absolute atomic E-state index is 14.0. The lowest BCUT2D eigenvalue weighted by atomic mass is 10.1. The Morgan fingerprint density at radius 3 is 2.21 bits per heavy atom. The minimum absolute atomic E-state index is 0.0218. The van der Waals surface area contributed by atoms with Gasteiger partial charge in [0.2, 0.25) is 0 Å². The zero-order chi connectivity index (χ0) is 20.3. The zero-order valence-corrected chi connectivity index (χ0v) is 16.1. The van der Waals surface area contributed by atoms with Crippen molar-refractivity contribution in [2.24, 2.45) is 0 Å². The molecule has 0 aliphatic carbocycles. The van der Waals surface area contributed by atoms with E-state index in [4.69, 9.17) is 4.74 Å². The fourth-order valence-corrected chi connectivity index (χ4v) is 4.00. The van der Waals surface area contributed by atoms with Gasteiger partial charge in [-0.25, -0.2) is 27.2 Å². The Bertz CT molecular complexity index is 1080. The number of hydrogen-bond acceptors (Lipinski definition) is 5. The fourth-order valence-electron chi connectivity index (χ4n) is 2.65. The van der Waals surface area contributed by atoms with Gasteiger partial charge in [-0.1, -0.05) is 12.1 Å². The van der Waals surface area contributed by atoms with E-state index >= 15 is 0 Å². The lowest BCUT2D eigenvalue weighted by Gasteiger charge is -2.08. The number of sulfone groups is 1. The number of aryl methyl sites for hydroxylation is 1. The molecular formula is C20H18F2N2O3S. The van der Waals surface area contributed by atoms with Crippen molar-refractivity contribution in [3.05, 3.63) is 77.4 Å². The van der Waals surface area contributed by atoms with Gasteiger partial charge in [-0.3, -0.25) is 0 Å². The Labute approximate surface area is 162 Å². The van der Waals surface area contributed by atoms with Crippen LogP contribution in [0.3, 0.4) is 0 Å². The second-order valence-electron chi connectivity index (χ2n) is 6.30. The van der Waals surface area contributed by atoms with E-state index in [-0.39, 0.29) is 16.0 Å². The molecule has 3 rings (SSSR count). The van der Waals surface area contributed by atoms with Gasteiger partial charge in [-0.05, 0) is 42.3 Å². The van der Waals surface area contributed by atoms with E-state index in [9.17, 15) is 17.2 Å². The van der Waals surface area contributed by atoms with Crippen LogP contribution in [0.4, 0.5) is 8.78 Å². The average molecular weight is 404 g/mol. The van der Waals surface area contributed by atoms with Gasteiger partial charge >= 0.3 is 0 Å². The highest BCUT2D eigenvalue weighted by Gasteiger charge is 2.19. The predicted octanol–water partition coefficient (Wildman–Crippen LogP) is 3.85. The molecule has 1 heterocycles. The van der Waals surface area contributed by atoms with Crippen molar-refractivity contribution in [2.45, 2.75) is 24.2 Å². The number of ether oxygens (including phenoxy) is 1. The van der Waals surface area contributed by atoms with Gasteiger partial charge in [-0.15, -0.1) is 0 Å². The minimum Gasteiger partial charge on any atom is -0.377 e. The van der Waals surface area contributed by atoms with Crippen LogP contribution in [0.2, 0.25) is 0 Å². The molecule has 28 heavy (non-hydrogen) atoms. The Morgan fingerprint density at radius 2 is 1.61 bits per heavy atom.